The molecule has 1 fully saturated rings. The van der Waals surface area contributed by atoms with Crippen LogP contribution in [0.3, 0.4) is 0 Å². The second-order valence-corrected chi connectivity index (χ2v) is 5.76. The summed E-state index contributed by atoms with van der Waals surface area (Å²) < 4.78 is 12.9. The van der Waals surface area contributed by atoms with Crippen molar-refractivity contribution in [1.82, 2.24) is 14.7 Å². The normalized spacial score (nSPS) is 21.2. The molecule has 0 aromatic carbocycles. The van der Waals surface area contributed by atoms with Crippen LogP contribution in [0.15, 0.2) is 29.0 Å². The minimum absolute atomic E-state index is 0.101. The fourth-order valence-corrected chi connectivity index (χ4v) is 2.99. The van der Waals surface area contributed by atoms with E-state index in [-0.39, 0.29) is 17.9 Å². The van der Waals surface area contributed by atoms with E-state index in [9.17, 15) is 4.79 Å². The molecule has 1 amide bonds. The lowest BCUT2D eigenvalue weighted by Crippen LogP contribution is -2.34. The van der Waals surface area contributed by atoms with E-state index in [2.05, 4.69) is 5.10 Å². The van der Waals surface area contributed by atoms with Gasteiger partial charge in [0.1, 0.15) is 11.9 Å². The second kappa shape index (κ2) is 5.96. The summed E-state index contributed by atoms with van der Waals surface area (Å²) in [7, 11) is 3.70. The van der Waals surface area contributed by atoms with E-state index in [4.69, 9.17) is 9.15 Å². The molecule has 0 saturated carbocycles. The van der Waals surface area contributed by atoms with Gasteiger partial charge < -0.3 is 14.1 Å². The molecule has 2 aromatic rings. The van der Waals surface area contributed by atoms with Gasteiger partial charge in [-0.3, -0.25) is 9.48 Å². The third kappa shape index (κ3) is 2.66. The Morgan fingerprint density at radius 1 is 1.50 bits per heavy atom. The zero-order valence-corrected chi connectivity index (χ0v) is 13.2. The number of amides is 1. The third-order valence-electron chi connectivity index (χ3n) is 4.31. The van der Waals surface area contributed by atoms with Crippen LogP contribution < -0.4 is 0 Å². The highest BCUT2D eigenvalue weighted by Crippen LogP contribution is 2.35. The van der Waals surface area contributed by atoms with E-state index in [0.717, 1.165) is 23.4 Å². The number of carbonyl (C=O) groups excluding carboxylic acids is 1. The van der Waals surface area contributed by atoms with E-state index in [1.807, 2.05) is 33.2 Å². The number of hydrogen-bond donors (Lipinski definition) is 0. The maximum atomic E-state index is 12.8. The highest BCUT2D eigenvalue weighted by Gasteiger charge is 2.38. The summed E-state index contributed by atoms with van der Waals surface area (Å²) in [5, 5.41) is 4.17. The predicted molar refractivity (Wildman–Crippen MR) is 79.9 cm³/mol. The number of carbonyl (C=O) groups is 1. The van der Waals surface area contributed by atoms with Gasteiger partial charge in [0, 0.05) is 39.0 Å². The van der Waals surface area contributed by atoms with E-state index >= 15 is 0 Å². The standard InChI is InChI=1S/C16H21N3O3/c1-11-12(5-8-21-11)10-18(2)16(20)13-6-9-22-15(13)14-4-7-17-19(14)3/h4-5,7-8,13,15H,6,9-10H2,1-3H3/t13-,15-/m1/s1. The van der Waals surface area contributed by atoms with Crippen molar-refractivity contribution in [2.45, 2.75) is 26.0 Å². The Labute approximate surface area is 129 Å². The molecule has 0 N–H and O–H groups in total. The highest BCUT2D eigenvalue weighted by molar-refractivity contribution is 5.79. The van der Waals surface area contributed by atoms with Gasteiger partial charge in [0.2, 0.25) is 5.91 Å². The first-order chi connectivity index (χ1) is 10.6. The van der Waals surface area contributed by atoms with E-state index < -0.39 is 0 Å². The van der Waals surface area contributed by atoms with Crippen LogP contribution in [0.1, 0.15) is 29.5 Å². The molecule has 0 unspecified atom stereocenters. The first-order valence-electron chi connectivity index (χ1n) is 7.45. The average Bonchev–Trinajstić information content (AvgIpc) is 3.20. The van der Waals surface area contributed by atoms with Crippen molar-refractivity contribution in [1.29, 1.82) is 0 Å². The molecule has 2 aromatic heterocycles. The van der Waals surface area contributed by atoms with Crippen molar-refractivity contribution in [3.63, 3.8) is 0 Å². The summed E-state index contributed by atoms with van der Waals surface area (Å²) in [6.45, 7) is 3.06. The summed E-state index contributed by atoms with van der Waals surface area (Å²) in [4.78, 5) is 14.5. The van der Waals surface area contributed by atoms with E-state index in [1.165, 1.54) is 0 Å². The first-order valence-corrected chi connectivity index (χ1v) is 7.45. The maximum absolute atomic E-state index is 12.8. The van der Waals surface area contributed by atoms with Crippen LogP contribution in [-0.2, 0) is 23.1 Å². The van der Waals surface area contributed by atoms with Gasteiger partial charge in [-0.15, -0.1) is 0 Å². The van der Waals surface area contributed by atoms with Crippen LogP contribution in [-0.4, -0.2) is 34.2 Å². The predicted octanol–water partition coefficient (Wildman–Crippen LogP) is 2.06. The Morgan fingerprint density at radius 3 is 2.95 bits per heavy atom. The molecule has 0 radical (unpaired) electrons. The molecular weight excluding hydrogens is 282 g/mol. The Balaban J connectivity index is 1.73. The lowest BCUT2D eigenvalue weighted by Gasteiger charge is -2.24. The SMILES string of the molecule is Cc1occc1CN(C)C(=O)[C@@H]1CCO[C@H]1c1ccnn1C. The maximum Gasteiger partial charge on any atom is 0.228 e. The lowest BCUT2D eigenvalue weighted by molar-refractivity contribution is -0.136. The van der Waals surface area contributed by atoms with Crippen molar-refractivity contribution in [2.24, 2.45) is 13.0 Å². The first kappa shape index (κ1) is 14.8. The van der Waals surface area contributed by atoms with Crippen molar-refractivity contribution >= 4 is 5.91 Å². The molecule has 1 aliphatic heterocycles. The third-order valence-corrected chi connectivity index (χ3v) is 4.31. The molecule has 6 heteroatoms. The van der Waals surface area contributed by atoms with Gasteiger partial charge in [0.25, 0.3) is 0 Å². The molecule has 0 bridgehead atoms. The van der Waals surface area contributed by atoms with E-state index in [0.29, 0.717) is 13.2 Å². The van der Waals surface area contributed by atoms with Crippen molar-refractivity contribution in [3.05, 3.63) is 41.6 Å². The van der Waals surface area contributed by atoms with Gasteiger partial charge in [0.15, 0.2) is 0 Å². The zero-order valence-electron chi connectivity index (χ0n) is 13.2. The lowest BCUT2D eigenvalue weighted by atomic mass is 9.97. The molecule has 22 heavy (non-hydrogen) atoms. The van der Waals surface area contributed by atoms with Gasteiger partial charge in [0.05, 0.1) is 17.9 Å². The Morgan fingerprint density at radius 2 is 2.32 bits per heavy atom. The molecule has 0 aliphatic carbocycles. The van der Waals surface area contributed by atoms with Crippen LogP contribution >= 0.6 is 0 Å². The van der Waals surface area contributed by atoms with Crippen LogP contribution in [0.25, 0.3) is 0 Å². The molecule has 118 valence electrons. The molecule has 0 spiro atoms. The second-order valence-electron chi connectivity index (χ2n) is 5.76. The topological polar surface area (TPSA) is 60.5 Å². The summed E-state index contributed by atoms with van der Waals surface area (Å²) in [6, 6.07) is 3.82. The number of aromatic nitrogens is 2. The van der Waals surface area contributed by atoms with Crippen LogP contribution in [0.4, 0.5) is 0 Å². The Bertz CT molecular complexity index is 661. The molecule has 6 nitrogen and oxygen atoms in total. The molecule has 2 atom stereocenters. The van der Waals surface area contributed by atoms with Gasteiger partial charge >= 0.3 is 0 Å². The summed E-state index contributed by atoms with van der Waals surface area (Å²) in [5.41, 5.74) is 1.98. The average molecular weight is 303 g/mol. The number of furan rings is 1. The van der Waals surface area contributed by atoms with Crippen LogP contribution in [0.2, 0.25) is 0 Å². The van der Waals surface area contributed by atoms with Gasteiger partial charge in [-0.2, -0.15) is 5.10 Å². The monoisotopic (exact) mass is 303 g/mol. The molecule has 3 rings (SSSR count). The van der Waals surface area contributed by atoms with Gasteiger partial charge in [-0.25, -0.2) is 0 Å². The highest BCUT2D eigenvalue weighted by atomic mass is 16.5. The fraction of sp³-hybridized carbons (Fsp3) is 0.500. The molecule has 1 saturated heterocycles. The van der Waals surface area contributed by atoms with Gasteiger partial charge in [-0.1, -0.05) is 0 Å². The molecular formula is C16H21N3O3. The van der Waals surface area contributed by atoms with Crippen molar-refractivity contribution < 1.29 is 13.9 Å². The summed E-state index contributed by atoms with van der Waals surface area (Å²) in [5.74, 6) is 0.794. The number of nitrogens with zero attached hydrogens (tertiary/aromatic N) is 3. The molecule has 3 heterocycles. The number of ether oxygens (including phenoxy) is 1. The summed E-state index contributed by atoms with van der Waals surface area (Å²) >= 11 is 0. The minimum atomic E-state index is -0.215. The van der Waals surface area contributed by atoms with Crippen LogP contribution in [0.5, 0.6) is 0 Å². The van der Waals surface area contributed by atoms with Crippen LogP contribution in [0, 0.1) is 12.8 Å². The zero-order chi connectivity index (χ0) is 15.7. The fourth-order valence-electron chi connectivity index (χ4n) is 2.99. The Hall–Kier alpha value is -2.08. The number of rotatable bonds is 4. The minimum Gasteiger partial charge on any atom is -0.469 e. The van der Waals surface area contributed by atoms with E-state index in [1.54, 1.807) is 22.0 Å². The summed E-state index contributed by atoms with van der Waals surface area (Å²) in [6.07, 6.45) is 3.91. The quantitative estimate of drug-likeness (QED) is 0.867. The van der Waals surface area contributed by atoms with Crippen molar-refractivity contribution in [3.8, 4) is 0 Å². The number of hydrogen-bond acceptors (Lipinski definition) is 4. The van der Waals surface area contributed by atoms with Crippen molar-refractivity contribution in [2.75, 3.05) is 13.7 Å². The van der Waals surface area contributed by atoms with Gasteiger partial charge in [-0.05, 0) is 25.5 Å². The number of aryl methyl sites for hydroxylation is 2. The smallest absolute Gasteiger partial charge is 0.228 e. The largest absolute Gasteiger partial charge is 0.469 e. The Kier molecular flexibility index (Phi) is 4.02. The molecule has 1 aliphatic rings.